The van der Waals surface area contributed by atoms with E-state index in [4.69, 9.17) is 14.2 Å². The van der Waals surface area contributed by atoms with Gasteiger partial charge in [-0.3, -0.25) is 4.90 Å². The van der Waals surface area contributed by atoms with Gasteiger partial charge in [0.1, 0.15) is 6.79 Å². The van der Waals surface area contributed by atoms with Crippen molar-refractivity contribution in [3.63, 3.8) is 0 Å². The van der Waals surface area contributed by atoms with Gasteiger partial charge in [-0.2, -0.15) is 0 Å². The van der Waals surface area contributed by atoms with E-state index in [1.54, 1.807) is 0 Å². The molecule has 1 saturated carbocycles. The highest BCUT2D eigenvalue weighted by Gasteiger charge is 2.40. The van der Waals surface area contributed by atoms with Crippen molar-refractivity contribution in [1.82, 2.24) is 4.90 Å². The lowest BCUT2D eigenvalue weighted by atomic mass is 9.93. The van der Waals surface area contributed by atoms with Crippen LogP contribution in [-0.2, 0) is 14.2 Å². The summed E-state index contributed by atoms with van der Waals surface area (Å²) in [6, 6.07) is 0. The van der Waals surface area contributed by atoms with Gasteiger partial charge in [-0.05, 0) is 12.8 Å². The third kappa shape index (κ3) is 2.81. The maximum absolute atomic E-state index is 5.88. The Bertz CT molecular complexity index is 247. The van der Waals surface area contributed by atoms with Crippen LogP contribution in [-0.4, -0.2) is 56.2 Å². The summed E-state index contributed by atoms with van der Waals surface area (Å²) in [6.45, 7) is 5.38. The van der Waals surface area contributed by atoms with Gasteiger partial charge in [0, 0.05) is 26.1 Å². The van der Waals surface area contributed by atoms with Crippen LogP contribution in [0.4, 0.5) is 0 Å². The van der Waals surface area contributed by atoms with Crippen molar-refractivity contribution in [1.29, 1.82) is 0 Å². The van der Waals surface area contributed by atoms with Crippen LogP contribution in [0.25, 0.3) is 0 Å². The largest absolute Gasteiger partial charge is 0.379 e. The standard InChI is InChI=1S/C13H23NO3/c1-2-4-13(3-1)9-12(16-11-17-13)10-14-5-7-15-8-6-14/h12H,1-11H2. The van der Waals surface area contributed by atoms with Crippen LogP contribution in [0.1, 0.15) is 32.1 Å². The minimum absolute atomic E-state index is 0.162. The molecule has 1 spiro atoms. The van der Waals surface area contributed by atoms with Crippen molar-refractivity contribution in [2.45, 2.75) is 43.8 Å². The first-order valence-electron chi connectivity index (χ1n) is 6.92. The van der Waals surface area contributed by atoms with Crippen LogP contribution in [0.15, 0.2) is 0 Å². The molecule has 2 heterocycles. The van der Waals surface area contributed by atoms with Gasteiger partial charge in [-0.25, -0.2) is 0 Å². The quantitative estimate of drug-likeness (QED) is 0.731. The Morgan fingerprint density at radius 3 is 2.65 bits per heavy atom. The van der Waals surface area contributed by atoms with Crippen LogP contribution in [0, 0.1) is 0 Å². The molecule has 3 aliphatic rings. The summed E-state index contributed by atoms with van der Waals surface area (Å²) >= 11 is 0. The Morgan fingerprint density at radius 1 is 1.12 bits per heavy atom. The highest BCUT2D eigenvalue weighted by atomic mass is 16.7. The lowest BCUT2D eigenvalue weighted by Crippen LogP contribution is -2.48. The second-order valence-electron chi connectivity index (χ2n) is 5.56. The van der Waals surface area contributed by atoms with Crippen molar-refractivity contribution >= 4 is 0 Å². The zero-order chi connectivity index (χ0) is 11.6. The zero-order valence-electron chi connectivity index (χ0n) is 10.5. The van der Waals surface area contributed by atoms with E-state index in [1.165, 1.54) is 25.7 Å². The van der Waals surface area contributed by atoms with Gasteiger partial charge in [-0.1, -0.05) is 12.8 Å². The zero-order valence-corrected chi connectivity index (χ0v) is 10.5. The van der Waals surface area contributed by atoms with Crippen LogP contribution < -0.4 is 0 Å². The van der Waals surface area contributed by atoms with Crippen LogP contribution in [0.2, 0.25) is 0 Å². The van der Waals surface area contributed by atoms with E-state index in [0.29, 0.717) is 12.9 Å². The molecule has 2 aliphatic heterocycles. The molecule has 0 radical (unpaired) electrons. The molecule has 0 N–H and O–H groups in total. The Balaban J connectivity index is 1.52. The normalized spacial score (nSPS) is 34.2. The number of hydrogen-bond donors (Lipinski definition) is 0. The maximum atomic E-state index is 5.88. The molecule has 1 aliphatic carbocycles. The van der Waals surface area contributed by atoms with Crippen LogP contribution >= 0.6 is 0 Å². The van der Waals surface area contributed by atoms with Crippen molar-refractivity contribution in [3.05, 3.63) is 0 Å². The topological polar surface area (TPSA) is 30.9 Å². The van der Waals surface area contributed by atoms with Crippen molar-refractivity contribution in [2.24, 2.45) is 0 Å². The van der Waals surface area contributed by atoms with Crippen molar-refractivity contribution in [3.8, 4) is 0 Å². The molecule has 2 saturated heterocycles. The molecule has 1 atom stereocenters. The molecule has 98 valence electrons. The monoisotopic (exact) mass is 241 g/mol. The SMILES string of the molecule is C1CCC2(C1)CC(CN1CCOCC1)OCO2. The minimum atomic E-state index is 0.162. The molecule has 1 unspecified atom stereocenters. The Kier molecular flexibility index (Phi) is 3.66. The van der Waals surface area contributed by atoms with E-state index < -0.39 is 0 Å². The molecule has 3 rings (SSSR count). The number of rotatable bonds is 2. The summed E-state index contributed by atoms with van der Waals surface area (Å²) in [6.07, 6.45) is 6.56. The fraction of sp³-hybridized carbons (Fsp3) is 1.00. The molecule has 4 nitrogen and oxygen atoms in total. The molecule has 3 fully saturated rings. The van der Waals surface area contributed by atoms with E-state index in [2.05, 4.69) is 4.90 Å². The number of morpholine rings is 1. The molecule has 0 aromatic carbocycles. The van der Waals surface area contributed by atoms with Crippen LogP contribution in [0.5, 0.6) is 0 Å². The van der Waals surface area contributed by atoms with Gasteiger partial charge >= 0.3 is 0 Å². The predicted octanol–water partition coefficient (Wildman–Crippen LogP) is 1.39. The second kappa shape index (κ2) is 5.22. The van der Waals surface area contributed by atoms with Crippen molar-refractivity contribution < 1.29 is 14.2 Å². The minimum Gasteiger partial charge on any atom is -0.379 e. The molecular weight excluding hydrogens is 218 g/mol. The smallest absolute Gasteiger partial charge is 0.147 e. The highest BCUT2D eigenvalue weighted by Crippen LogP contribution is 2.39. The summed E-state index contributed by atoms with van der Waals surface area (Å²) in [5.41, 5.74) is 0.162. The summed E-state index contributed by atoms with van der Waals surface area (Å²) in [4.78, 5) is 2.46. The van der Waals surface area contributed by atoms with Gasteiger partial charge in [0.25, 0.3) is 0 Å². The molecular formula is C13H23NO3. The van der Waals surface area contributed by atoms with Gasteiger partial charge in [0.05, 0.1) is 24.9 Å². The number of nitrogens with zero attached hydrogens (tertiary/aromatic N) is 1. The first kappa shape index (κ1) is 11.9. The first-order chi connectivity index (χ1) is 8.36. The van der Waals surface area contributed by atoms with E-state index in [1.807, 2.05) is 0 Å². The average Bonchev–Trinajstić information content (AvgIpc) is 2.79. The number of hydrogen-bond acceptors (Lipinski definition) is 4. The van der Waals surface area contributed by atoms with Gasteiger partial charge in [0.15, 0.2) is 0 Å². The molecule has 0 aromatic heterocycles. The molecule has 0 amide bonds. The molecule has 17 heavy (non-hydrogen) atoms. The summed E-state index contributed by atoms with van der Waals surface area (Å²) < 4.78 is 17.0. The average molecular weight is 241 g/mol. The Hall–Kier alpha value is -0.160. The summed E-state index contributed by atoms with van der Waals surface area (Å²) in [5, 5.41) is 0. The predicted molar refractivity (Wildman–Crippen MR) is 63.9 cm³/mol. The third-order valence-corrected chi connectivity index (χ3v) is 4.35. The first-order valence-corrected chi connectivity index (χ1v) is 6.92. The third-order valence-electron chi connectivity index (χ3n) is 4.35. The van der Waals surface area contributed by atoms with E-state index in [0.717, 1.165) is 39.3 Å². The highest BCUT2D eigenvalue weighted by molar-refractivity contribution is 4.91. The fourth-order valence-electron chi connectivity index (χ4n) is 3.34. The maximum Gasteiger partial charge on any atom is 0.147 e. The van der Waals surface area contributed by atoms with Gasteiger partial charge in [0.2, 0.25) is 0 Å². The lowest BCUT2D eigenvalue weighted by molar-refractivity contribution is -0.224. The molecule has 0 bridgehead atoms. The van der Waals surface area contributed by atoms with Crippen LogP contribution in [0.3, 0.4) is 0 Å². The van der Waals surface area contributed by atoms with E-state index in [9.17, 15) is 0 Å². The fourth-order valence-corrected chi connectivity index (χ4v) is 3.34. The lowest BCUT2D eigenvalue weighted by Gasteiger charge is -2.40. The Morgan fingerprint density at radius 2 is 1.88 bits per heavy atom. The van der Waals surface area contributed by atoms with E-state index >= 15 is 0 Å². The van der Waals surface area contributed by atoms with E-state index in [-0.39, 0.29) is 5.60 Å². The molecule has 4 heteroatoms. The molecule has 0 aromatic rings. The Labute approximate surface area is 103 Å². The second-order valence-corrected chi connectivity index (χ2v) is 5.56. The summed E-state index contributed by atoms with van der Waals surface area (Å²) in [5.74, 6) is 0. The van der Waals surface area contributed by atoms with Crippen molar-refractivity contribution in [2.75, 3.05) is 39.6 Å². The van der Waals surface area contributed by atoms with Gasteiger partial charge in [-0.15, -0.1) is 0 Å². The summed E-state index contributed by atoms with van der Waals surface area (Å²) in [7, 11) is 0. The van der Waals surface area contributed by atoms with Gasteiger partial charge < -0.3 is 14.2 Å². The number of ether oxygens (including phenoxy) is 3.